The number of azide groups is 1. The van der Waals surface area contributed by atoms with Crippen LogP contribution in [0.5, 0.6) is 0 Å². The second-order valence-corrected chi connectivity index (χ2v) is 5.22. The van der Waals surface area contributed by atoms with E-state index in [9.17, 15) is 0 Å². The first kappa shape index (κ1) is 10.7. The minimum atomic E-state index is 0.0926. The summed E-state index contributed by atoms with van der Waals surface area (Å²) in [5, 5.41) is 7.85. The maximum Gasteiger partial charge on any atom is 0.219 e. The number of rotatable bonds is 0. The van der Waals surface area contributed by atoms with Gasteiger partial charge in [0, 0.05) is 16.9 Å². The van der Waals surface area contributed by atoms with E-state index in [0.29, 0.717) is 17.9 Å². The van der Waals surface area contributed by atoms with Crippen molar-refractivity contribution in [2.75, 3.05) is 4.90 Å². The van der Waals surface area contributed by atoms with Crippen LogP contribution in [0, 0.1) is 5.92 Å². The molecule has 1 aliphatic carbocycles. The van der Waals surface area contributed by atoms with Gasteiger partial charge in [-0.15, -0.1) is 0 Å². The highest BCUT2D eigenvalue weighted by Crippen LogP contribution is 2.44. The summed E-state index contributed by atoms with van der Waals surface area (Å²) in [6, 6.07) is 0.473. The Hall–Kier alpha value is -2.21. The van der Waals surface area contributed by atoms with Crippen LogP contribution >= 0.6 is 0 Å². The van der Waals surface area contributed by atoms with Crippen LogP contribution in [0.25, 0.3) is 10.4 Å². The smallest absolute Gasteiger partial charge is 0.219 e. The van der Waals surface area contributed by atoms with Crippen molar-refractivity contribution < 1.29 is 0 Å². The Morgan fingerprint density at radius 2 is 2.32 bits per heavy atom. The number of nitrogens with zero attached hydrogens (tertiary/aromatic N) is 7. The summed E-state index contributed by atoms with van der Waals surface area (Å²) < 4.78 is 2.20. The molecule has 2 aliphatic heterocycles. The fraction of sp³-hybridized carbons (Fsp3) is 0.636. The Balaban J connectivity index is 1.82. The number of hydrogen-bond donors (Lipinski definition) is 1. The van der Waals surface area contributed by atoms with Gasteiger partial charge in [-0.3, -0.25) is 10.3 Å². The standard InChI is InChI=1S/C11H14N8/c12-17-16-11-15-14-10-7-3-1-2-4-8(7)18-6-13-5-9(18)19(10)11/h5-8,10,14H,1-4H2. The first-order chi connectivity index (χ1) is 9.40. The highest BCUT2D eigenvalue weighted by Gasteiger charge is 2.46. The molecule has 3 heterocycles. The number of hydrazone groups is 1. The van der Waals surface area contributed by atoms with Crippen molar-refractivity contribution in [2.45, 2.75) is 37.9 Å². The predicted octanol–water partition coefficient (Wildman–Crippen LogP) is 1.94. The molecule has 19 heavy (non-hydrogen) atoms. The van der Waals surface area contributed by atoms with E-state index in [1.54, 1.807) is 0 Å². The van der Waals surface area contributed by atoms with Crippen LogP contribution in [0.4, 0.5) is 5.82 Å². The SMILES string of the molecule is [N-]=[N+]=NC1=NNC2C3CCCCC3n3cncc3N12. The van der Waals surface area contributed by atoms with E-state index >= 15 is 0 Å². The lowest BCUT2D eigenvalue weighted by Crippen LogP contribution is -2.53. The predicted molar refractivity (Wildman–Crippen MR) is 69.2 cm³/mol. The summed E-state index contributed by atoms with van der Waals surface area (Å²) in [6.45, 7) is 0. The Morgan fingerprint density at radius 1 is 1.42 bits per heavy atom. The van der Waals surface area contributed by atoms with Gasteiger partial charge in [0.1, 0.15) is 12.0 Å². The summed E-state index contributed by atoms with van der Waals surface area (Å²) in [6.07, 6.45) is 8.62. The lowest BCUT2D eigenvalue weighted by atomic mass is 9.80. The van der Waals surface area contributed by atoms with Gasteiger partial charge in [-0.05, 0) is 23.5 Å². The minimum Gasteiger partial charge on any atom is -0.314 e. The Labute approximate surface area is 109 Å². The lowest BCUT2D eigenvalue weighted by Gasteiger charge is -2.45. The van der Waals surface area contributed by atoms with Crippen molar-refractivity contribution in [1.29, 1.82) is 0 Å². The van der Waals surface area contributed by atoms with Gasteiger partial charge in [0.2, 0.25) is 5.96 Å². The lowest BCUT2D eigenvalue weighted by molar-refractivity contribution is 0.176. The van der Waals surface area contributed by atoms with E-state index in [4.69, 9.17) is 5.53 Å². The van der Waals surface area contributed by atoms with Gasteiger partial charge in [0.25, 0.3) is 0 Å². The van der Waals surface area contributed by atoms with Gasteiger partial charge in [0.15, 0.2) is 0 Å². The third-order valence-electron chi connectivity index (χ3n) is 4.36. The highest BCUT2D eigenvalue weighted by molar-refractivity contribution is 5.98. The summed E-state index contributed by atoms with van der Waals surface area (Å²) >= 11 is 0. The molecule has 0 radical (unpaired) electrons. The highest BCUT2D eigenvalue weighted by atomic mass is 15.6. The molecule has 8 heteroatoms. The summed E-state index contributed by atoms with van der Waals surface area (Å²) in [5.41, 5.74) is 11.8. The van der Waals surface area contributed by atoms with E-state index in [-0.39, 0.29) is 6.17 Å². The van der Waals surface area contributed by atoms with Crippen molar-refractivity contribution in [3.63, 3.8) is 0 Å². The fourth-order valence-electron chi connectivity index (χ4n) is 3.60. The number of nitrogens with one attached hydrogen (secondary N) is 1. The average Bonchev–Trinajstić information content (AvgIpc) is 3.05. The second-order valence-electron chi connectivity index (χ2n) is 5.22. The van der Waals surface area contributed by atoms with Crippen LogP contribution in [0.15, 0.2) is 22.7 Å². The summed E-state index contributed by atoms with van der Waals surface area (Å²) in [4.78, 5) is 9.08. The minimum absolute atomic E-state index is 0.0926. The van der Waals surface area contributed by atoms with Crippen molar-refractivity contribution in [3.05, 3.63) is 23.0 Å². The van der Waals surface area contributed by atoms with Crippen LogP contribution in [0.3, 0.4) is 0 Å². The maximum atomic E-state index is 8.65. The van der Waals surface area contributed by atoms with Gasteiger partial charge in [-0.2, -0.15) is 5.10 Å². The molecule has 0 spiro atoms. The zero-order chi connectivity index (χ0) is 12.8. The molecule has 1 fully saturated rings. The van der Waals surface area contributed by atoms with Crippen LogP contribution in [-0.2, 0) is 0 Å². The first-order valence-corrected chi connectivity index (χ1v) is 6.59. The summed E-state index contributed by atoms with van der Waals surface area (Å²) in [7, 11) is 0. The molecule has 0 saturated heterocycles. The molecule has 8 nitrogen and oxygen atoms in total. The van der Waals surface area contributed by atoms with Gasteiger partial charge in [-0.1, -0.05) is 12.8 Å². The van der Waals surface area contributed by atoms with Crippen LogP contribution in [-0.4, -0.2) is 21.7 Å². The number of anilines is 1. The van der Waals surface area contributed by atoms with Crippen LogP contribution in [0.2, 0.25) is 0 Å². The molecule has 0 amide bonds. The van der Waals surface area contributed by atoms with Gasteiger partial charge < -0.3 is 4.57 Å². The number of aromatic nitrogens is 2. The second kappa shape index (κ2) is 3.89. The van der Waals surface area contributed by atoms with Gasteiger partial charge >= 0.3 is 0 Å². The molecule has 1 aromatic rings. The maximum absolute atomic E-state index is 8.65. The molecule has 98 valence electrons. The Kier molecular flexibility index (Phi) is 2.19. The van der Waals surface area contributed by atoms with Crippen molar-refractivity contribution in [2.24, 2.45) is 16.1 Å². The third kappa shape index (κ3) is 1.37. The van der Waals surface area contributed by atoms with Crippen molar-refractivity contribution in [1.82, 2.24) is 15.0 Å². The molecule has 1 N–H and O–H groups in total. The summed E-state index contributed by atoms with van der Waals surface area (Å²) in [5.74, 6) is 1.83. The molecule has 3 aliphatic rings. The molecule has 4 rings (SSSR count). The molecule has 0 aromatic carbocycles. The molecule has 1 saturated carbocycles. The van der Waals surface area contributed by atoms with E-state index in [1.165, 1.54) is 19.3 Å². The molecule has 1 aromatic heterocycles. The quantitative estimate of drug-likeness (QED) is 0.437. The zero-order valence-corrected chi connectivity index (χ0v) is 10.3. The number of guanidine groups is 1. The fourth-order valence-corrected chi connectivity index (χ4v) is 3.60. The molecule has 3 unspecified atom stereocenters. The van der Waals surface area contributed by atoms with E-state index in [1.807, 2.05) is 17.4 Å². The van der Waals surface area contributed by atoms with Gasteiger partial charge in [0.05, 0.1) is 12.5 Å². The Morgan fingerprint density at radius 3 is 3.21 bits per heavy atom. The number of imidazole rings is 1. The molecule has 0 bridgehead atoms. The van der Waals surface area contributed by atoms with Crippen molar-refractivity contribution in [3.8, 4) is 0 Å². The normalized spacial score (nSPS) is 31.5. The van der Waals surface area contributed by atoms with Crippen molar-refractivity contribution >= 4 is 11.8 Å². The average molecular weight is 258 g/mol. The Bertz CT molecular complexity index is 583. The largest absolute Gasteiger partial charge is 0.314 e. The third-order valence-corrected chi connectivity index (χ3v) is 4.36. The first-order valence-electron chi connectivity index (χ1n) is 6.59. The van der Waals surface area contributed by atoms with E-state index in [2.05, 4.69) is 30.1 Å². The van der Waals surface area contributed by atoms with E-state index < -0.39 is 0 Å². The molecular weight excluding hydrogens is 244 g/mol. The monoisotopic (exact) mass is 258 g/mol. The molecule has 3 atom stereocenters. The molecular formula is C11H14N8. The van der Waals surface area contributed by atoms with Crippen LogP contribution in [0.1, 0.15) is 31.7 Å². The van der Waals surface area contributed by atoms with Crippen LogP contribution < -0.4 is 10.3 Å². The number of hydrogen-bond acceptors (Lipinski definition) is 5. The van der Waals surface area contributed by atoms with Gasteiger partial charge in [-0.25, -0.2) is 4.98 Å². The van der Waals surface area contributed by atoms with E-state index in [0.717, 1.165) is 12.2 Å². The number of fused-ring (bicyclic) bond motifs is 6. The topological polar surface area (TPSA) is 94.2 Å². The zero-order valence-electron chi connectivity index (χ0n) is 10.3.